The zero-order valence-corrected chi connectivity index (χ0v) is 11.7. The Kier molecular flexibility index (Phi) is 4.09. The fourth-order valence-electron chi connectivity index (χ4n) is 2.76. The molecule has 1 aromatic rings. The highest BCUT2D eigenvalue weighted by Gasteiger charge is 2.24. The van der Waals surface area contributed by atoms with Crippen LogP contribution in [0.25, 0.3) is 0 Å². The first-order chi connectivity index (χ1) is 9.00. The molecule has 0 saturated carbocycles. The Balaban J connectivity index is 2.18. The number of anilines is 1. The number of hydrogen-bond donors (Lipinski definition) is 1. The molecular weight excluding hydrogens is 246 g/mol. The summed E-state index contributed by atoms with van der Waals surface area (Å²) >= 11 is 0. The molecule has 1 aromatic heterocycles. The van der Waals surface area contributed by atoms with E-state index in [1.807, 2.05) is 11.9 Å². The molecule has 1 aliphatic rings. The predicted molar refractivity (Wildman–Crippen MR) is 71.7 cm³/mol. The zero-order chi connectivity index (χ0) is 14.0. The molecule has 0 aromatic carbocycles. The van der Waals surface area contributed by atoms with Crippen LogP contribution >= 0.6 is 0 Å². The highest BCUT2D eigenvalue weighted by molar-refractivity contribution is 5.94. The first-order valence-electron chi connectivity index (χ1n) is 6.56. The molecule has 2 heterocycles. The Hall–Kier alpha value is -1.56. The molecule has 1 aliphatic heterocycles. The molecule has 1 unspecified atom stereocenters. The van der Waals surface area contributed by atoms with Crippen LogP contribution in [0, 0.1) is 12.8 Å². The number of rotatable bonds is 4. The molecule has 1 saturated heterocycles. The molecule has 0 bridgehead atoms. The molecule has 1 fully saturated rings. The maximum atomic E-state index is 11.3. The van der Waals surface area contributed by atoms with Gasteiger partial charge in [-0.1, -0.05) is 0 Å². The minimum Gasteiger partial charge on any atom is -0.477 e. The van der Waals surface area contributed by atoms with Gasteiger partial charge in [-0.05, 0) is 25.7 Å². The summed E-state index contributed by atoms with van der Waals surface area (Å²) in [5.74, 6) is 0.193. The van der Waals surface area contributed by atoms with E-state index in [0.29, 0.717) is 23.0 Å². The molecule has 6 heteroatoms. The van der Waals surface area contributed by atoms with E-state index in [1.54, 1.807) is 18.7 Å². The van der Waals surface area contributed by atoms with Crippen molar-refractivity contribution in [1.82, 2.24) is 9.78 Å². The van der Waals surface area contributed by atoms with Crippen molar-refractivity contribution < 1.29 is 14.6 Å². The Morgan fingerprint density at radius 2 is 2.37 bits per heavy atom. The topological polar surface area (TPSA) is 67.6 Å². The number of aryl methyl sites for hydroxylation is 2. The van der Waals surface area contributed by atoms with E-state index >= 15 is 0 Å². The third-order valence-electron chi connectivity index (χ3n) is 3.55. The molecule has 0 radical (unpaired) electrons. The van der Waals surface area contributed by atoms with Gasteiger partial charge in [0.1, 0.15) is 11.4 Å². The number of aromatic carboxylic acids is 1. The molecule has 0 aliphatic carbocycles. The van der Waals surface area contributed by atoms with Crippen LogP contribution in [0.15, 0.2) is 0 Å². The summed E-state index contributed by atoms with van der Waals surface area (Å²) < 4.78 is 7.11. The lowest BCUT2D eigenvalue weighted by molar-refractivity contribution is 0.0575. The molecule has 0 spiro atoms. The summed E-state index contributed by atoms with van der Waals surface area (Å²) in [6.45, 7) is 4.11. The predicted octanol–water partition coefficient (Wildman–Crippen LogP) is 1.29. The molecule has 1 N–H and O–H groups in total. The van der Waals surface area contributed by atoms with Gasteiger partial charge in [-0.15, -0.1) is 0 Å². The Bertz CT molecular complexity index is 464. The Morgan fingerprint density at radius 3 is 2.95 bits per heavy atom. The van der Waals surface area contributed by atoms with Gasteiger partial charge < -0.3 is 14.7 Å². The summed E-state index contributed by atoms with van der Waals surface area (Å²) in [6.07, 6.45) is 2.21. The monoisotopic (exact) mass is 267 g/mol. The zero-order valence-electron chi connectivity index (χ0n) is 11.7. The SMILES string of the molecule is Cc1nn(C)c(N(C)CC2CCCOC2)c1C(=O)O. The second-order valence-corrected chi connectivity index (χ2v) is 5.18. The van der Waals surface area contributed by atoms with E-state index in [2.05, 4.69) is 5.10 Å². The van der Waals surface area contributed by atoms with Crippen LogP contribution in [0.5, 0.6) is 0 Å². The summed E-state index contributed by atoms with van der Waals surface area (Å²) in [4.78, 5) is 13.3. The lowest BCUT2D eigenvalue weighted by Gasteiger charge is -2.28. The maximum absolute atomic E-state index is 11.3. The van der Waals surface area contributed by atoms with E-state index in [0.717, 1.165) is 32.6 Å². The smallest absolute Gasteiger partial charge is 0.341 e. The standard InChI is InChI=1S/C13H21N3O3/c1-9-11(13(17)18)12(16(3)14-9)15(2)7-10-5-4-6-19-8-10/h10H,4-8H2,1-3H3,(H,17,18). The van der Waals surface area contributed by atoms with Crippen molar-refractivity contribution in [1.29, 1.82) is 0 Å². The lowest BCUT2D eigenvalue weighted by Crippen LogP contribution is -2.32. The van der Waals surface area contributed by atoms with Crippen molar-refractivity contribution in [3.63, 3.8) is 0 Å². The second kappa shape index (κ2) is 5.61. The minimum absolute atomic E-state index is 0.293. The van der Waals surface area contributed by atoms with Gasteiger partial charge >= 0.3 is 5.97 Å². The van der Waals surface area contributed by atoms with E-state index in [-0.39, 0.29) is 0 Å². The van der Waals surface area contributed by atoms with Gasteiger partial charge in [0.15, 0.2) is 0 Å². The van der Waals surface area contributed by atoms with Crippen LogP contribution in [0.1, 0.15) is 28.9 Å². The molecule has 19 heavy (non-hydrogen) atoms. The van der Waals surface area contributed by atoms with Crippen molar-refractivity contribution in [2.75, 3.05) is 31.7 Å². The first kappa shape index (κ1) is 13.9. The number of carbonyl (C=O) groups is 1. The summed E-state index contributed by atoms with van der Waals surface area (Å²) in [5.41, 5.74) is 0.846. The molecule has 2 rings (SSSR count). The fraction of sp³-hybridized carbons (Fsp3) is 0.692. The van der Waals surface area contributed by atoms with Crippen LogP contribution in [-0.4, -0.2) is 47.7 Å². The van der Waals surface area contributed by atoms with Crippen molar-refractivity contribution in [2.24, 2.45) is 13.0 Å². The first-order valence-corrected chi connectivity index (χ1v) is 6.56. The third-order valence-corrected chi connectivity index (χ3v) is 3.55. The summed E-state index contributed by atoms with van der Waals surface area (Å²) in [6, 6.07) is 0. The van der Waals surface area contributed by atoms with Gasteiger partial charge in [-0.25, -0.2) is 4.79 Å². The normalized spacial score (nSPS) is 19.4. The Labute approximate surface area is 113 Å². The van der Waals surface area contributed by atoms with Crippen molar-refractivity contribution in [3.05, 3.63) is 11.3 Å². The van der Waals surface area contributed by atoms with Gasteiger partial charge in [0, 0.05) is 27.2 Å². The van der Waals surface area contributed by atoms with Crippen LogP contribution < -0.4 is 4.90 Å². The van der Waals surface area contributed by atoms with Crippen LogP contribution in [0.3, 0.4) is 0 Å². The van der Waals surface area contributed by atoms with Crippen molar-refractivity contribution >= 4 is 11.8 Å². The third kappa shape index (κ3) is 2.89. The maximum Gasteiger partial charge on any atom is 0.341 e. The van der Waals surface area contributed by atoms with Crippen LogP contribution in [0.4, 0.5) is 5.82 Å². The number of ether oxygens (including phenoxy) is 1. The summed E-state index contributed by atoms with van der Waals surface area (Å²) in [5, 5.41) is 13.5. The fourth-order valence-corrected chi connectivity index (χ4v) is 2.76. The second-order valence-electron chi connectivity index (χ2n) is 5.18. The lowest BCUT2D eigenvalue weighted by atomic mass is 10.0. The minimum atomic E-state index is -0.924. The summed E-state index contributed by atoms with van der Waals surface area (Å²) in [7, 11) is 3.69. The molecular formula is C13H21N3O3. The highest BCUT2D eigenvalue weighted by atomic mass is 16.5. The average molecular weight is 267 g/mol. The molecule has 106 valence electrons. The van der Waals surface area contributed by atoms with E-state index in [4.69, 9.17) is 4.74 Å². The van der Waals surface area contributed by atoms with Gasteiger partial charge in [0.25, 0.3) is 0 Å². The number of nitrogens with zero attached hydrogens (tertiary/aromatic N) is 3. The molecule has 1 atom stereocenters. The number of carboxylic acids is 1. The molecule has 6 nitrogen and oxygen atoms in total. The number of carboxylic acid groups (broad SMARTS) is 1. The van der Waals surface area contributed by atoms with Crippen LogP contribution in [-0.2, 0) is 11.8 Å². The van der Waals surface area contributed by atoms with Crippen molar-refractivity contribution in [2.45, 2.75) is 19.8 Å². The largest absolute Gasteiger partial charge is 0.477 e. The van der Waals surface area contributed by atoms with Crippen molar-refractivity contribution in [3.8, 4) is 0 Å². The number of aromatic nitrogens is 2. The average Bonchev–Trinajstić information content (AvgIpc) is 2.65. The quantitative estimate of drug-likeness (QED) is 0.890. The van der Waals surface area contributed by atoms with Crippen LogP contribution in [0.2, 0.25) is 0 Å². The van der Waals surface area contributed by atoms with Gasteiger partial charge in [0.05, 0.1) is 12.3 Å². The van der Waals surface area contributed by atoms with Gasteiger partial charge in [0.2, 0.25) is 0 Å². The van der Waals surface area contributed by atoms with Gasteiger partial charge in [-0.3, -0.25) is 4.68 Å². The Morgan fingerprint density at radius 1 is 1.63 bits per heavy atom. The highest BCUT2D eigenvalue weighted by Crippen LogP contribution is 2.24. The van der Waals surface area contributed by atoms with E-state index in [1.165, 1.54) is 0 Å². The van der Waals surface area contributed by atoms with Gasteiger partial charge in [-0.2, -0.15) is 5.10 Å². The molecule has 0 amide bonds. The van der Waals surface area contributed by atoms with E-state index in [9.17, 15) is 9.90 Å². The number of hydrogen-bond acceptors (Lipinski definition) is 4. The van der Waals surface area contributed by atoms with E-state index < -0.39 is 5.97 Å².